The summed E-state index contributed by atoms with van der Waals surface area (Å²) in [5.41, 5.74) is 14.5. The summed E-state index contributed by atoms with van der Waals surface area (Å²) in [6.45, 7) is 0. The Morgan fingerprint density at radius 3 is 1.02 bits per heavy atom. The third kappa shape index (κ3) is 4.43. The lowest BCUT2D eigenvalue weighted by Crippen LogP contribution is -1.96. The molecule has 0 atom stereocenters. The Morgan fingerprint density at radius 2 is 0.600 bits per heavy atom. The third-order valence-corrected chi connectivity index (χ3v) is 10.1. The van der Waals surface area contributed by atoms with Crippen molar-refractivity contribution >= 4 is 43.6 Å². The van der Waals surface area contributed by atoms with Crippen LogP contribution in [0.5, 0.6) is 0 Å². The van der Waals surface area contributed by atoms with Crippen LogP contribution >= 0.6 is 0 Å². The number of fused-ring (bicyclic) bond motifs is 6. The number of rotatable bonds is 5. The molecule has 0 fully saturated rings. The Morgan fingerprint density at radius 1 is 0.240 bits per heavy atom. The van der Waals surface area contributed by atoms with Gasteiger partial charge in [0.25, 0.3) is 0 Å². The predicted molar refractivity (Wildman–Crippen MR) is 211 cm³/mol. The van der Waals surface area contributed by atoms with Crippen LogP contribution in [0.1, 0.15) is 0 Å². The summed E-state index contributed by atoms with van der Waals surface area (Å²) < 4.78 is 4.85. The van der Waals surface area contributed by atoms with Gasteiger partial charge in [0.1, 0.15) is 0 Å². The van der Waals surface area contributed by atoms with Crippen LogP contribution in [0.3, 0.4) is 0 Å². The zero-order chi connectivity index (χ0) is 33.0. The summed E-state index contributed by atoms with van der Waals surface area (Å²) in [6, 6.07) is 70.3. The SMILES string of the molecule is c1ccc(-c2cccc3c4ccccc4n(-c4ccc(-c5ccc(-n6c7ccccc7c7cccc(-c8ccccc8)c76)cc5)cc4)c23)cc1. The second kappa shape index (κ2) is 11.5. The number of para-hydroxylation sites is 4. The van der Waals surface area contributed by atoms with E-state index in [0.717, 1.165) is 11.4 Å². The first kappa shape index (κ1) is 28.4. The molecule has 0 N–H and O–H groups in total. The minimum atomic E-state index is 1.15. The van der Waals surface area contributed by atoms with Crippen LogP contribution in [0.25, 0.3) is 88.4 Å². The van der Waals surface area contributed by atoms with Crippen molar-refractivity contribution in [3.05, 3.63) is 194 Å². The molecule has 0 unspecified atom stereocenters. The highest BCUT2D eigenvalue weighted by Crippen LogP contribution is 2.40. The van der Waals surface area contributed by atoms with Gasteiger partial charge in [-0.15, -0.1) is 0 Å². The highest BCUT2D eigenvalue weighted by atomic mass is 15.0. The van der Waals surface area contributed by atoms with E-state index in [1.54, 1.807) is 0 Å². The first-order valence-electron chi connectivity index (χ1n) is 17.2. The Hall–Kier alpha value is -6.64. The second-order valence-electron chi connectivity index (χ2n) is 12.9. The fraction of sp³-hybridized carbons (Fsp3) is 0. The van der Waals surface area contributed by atoms with Crippen LogP contribution in [-0.2, 0) is 0 Å². The van der Waals surface area contributed by atoms with Crippen LogP contribution in [0, 0.1) is 0 Å². The van der Waals surface area contributed by atoms with E-state index in [1.165, 1.54) is 77.0 Å². The maximum atomic E-state index is 2.42. The topological polar surface area (TPSA) is 9.86 Å². The molecule has 8 aromatic carbocycles. The molecule has 0 saturated carbocycles. The van der Waals surface area contributed by atoms with Gasteiger partial charge in [-0.05, 0) is 58.7 Å². The van der Waals surface area contributed by atoms with Gasteiger partial charge in [-0.1, -0.05) is 158 Å². The monoisotopic (exact) mass is 636 g/mol. The minimum Gasteiger partial charge on any atom is -0.309 e. The van der Waals surface area contributed by atoms with Crippen LogP contribution in [-0.4, -0.2) is 9.13 Å². The van der Waals surface area contributed by atoms with Crippen LogP contribution in [0.2, 0.25) is 0 Å². The zero-order valence-corrected chi connectivity index (χ0v) is 27.4. The lowest BCUT2D eigenvalue weighted by atomic mass is 10.0. The van der Waals surface area contributed by atoms with Crippen LogP contribution < -0.4 is 0 Å². The Kier molecular flexibility index (Phi) is 6.53. The summed E-state index contributed by atoms with van der Waals surface area (Å²) in [5.74, 6) is 0. The molecule has 234 valence electrons. The van der Waals surface area contributed by atoms with E-state index in [4.69, 9.17) is 0 Å². The Bertz CT molecular complexity index is 2620. The molecule has 0 bridgehead atoms. The molecular weight excluding hydrogens is 605 g/mol. The van der Waals surface area contributed by atoms with Crippen LogP contribution in [0.15, 0.2) is 194 Å². The van der Waals surface area contributed by atoms with Crippen molar-refractivity contribution < 1.29 is 0 Å². The Balaban J connectivity index is 1.08. The van der Waals surface area contributed by atoms with Crippen molar-refractivity contribution in [1.82, 2.24) is 9.13 Å². The van der Waals surface area contributed by atoms with E-state index >= 15 is 0 Å². The molecule has 10 aromatic rings. The molecule has 0 aliphatic heterocycles. The predicted octanol–water partition coefficient (Wildman–Crippen LogP) is 12.9. The van der Waals surface area contributed by atoms with Gasteiger partial charge < -0.3 is 9.13 Å². The molecule has 0 saturated heterocycles. The average molecular weight is 637 g/mol. The summed E-state index contributed by atoms with van der Waals surface area (Å²) in [5, 5.41) is 5.06. The molecular formula is C48H32N2. The Labute approximate surface area is 290 Å². The first-order chi connectivity index (χ1) is 24.8. The maximum Gasteiger partial charge on any atom is 0.0619 e. The molecule has 0 aliphatic carbocycles. The van der Waals surface area contributed by atoms with Crippen molar-refractivity contribution in [2.45, 2.75) is 0 Å². The highest BCUT2D eigenvalue weighted by Gasteiger charge is 2.18. The molecule has 2 heterocycles. The summed E-state index contributed by atoms with van der Waals surface area (Å²) in [7, 11) is 0. The molecule has 50 heavy (non-hydrogen) atoms. The van der Waals surface area contributed by atoms with Gasteiger partial charge in [0.2, 0.25) is 0 Å². The number of nitrogens with zero attached hydrogens (tertiary/aromatic N) is 2. The van der Waals surface area contributed by atoms with Crippen molar-refractivity contribution in [2.75, 3.05) is 0 Å². The van der Waals surface area contributed by atoms with Crippen molar-refractivity contribution in [3.8, 4) is 44.8 Å². The highest BCUT2D eigenvalue weighted by molar-refractivity contribution is 6.15. The minimum absolute atomic E-state index is 1.15. The standard InChI is InChI=1S/C48H32N2/c1-3-13-35(14-4-1)39-19-11-21-43-41-17-7-9-23-45(41)49(47(39)43)37-29-25-33(26-30-37)34-27-31-38(32-28-34)50-46-24-10-8-18-42(46)44-22-12-20-40(48(44)50)36-15-5-2-6-16-36/h1-32H. The second-order valence-corrected chi connectivity index (χ2v) is 12.9. The molecule has 0 aliphatic rings. The molecule has 0 amide bonds. The van der Waals surface area contributed by atoms with Gasteiger partial charge in [-0.3, -0.25) is 0 Å². The fourth-order valence-electron chi connectivity index (χ4n) is 7.88. The molecule has 2 nitrogen and oxygen atoms in total. The van der Waals surface area contributed by atoms with Crippen molar-refractivity contribution in [2.24, 2.45) is 0 Å². The van der Waals surface area contributed by atoms with Gasteiger partial charge >= 0.3 is 0 Å². The van der Waals surface area contributed by atoms with Crippen molar-refractivity contribution in [3.63, 3.8) is 0 Å². The molecule has 0 spiro atoms. The summed E-state index contributed by atoms with van der Waals surface area (Å²) in [6.07, 6.45) is 0. The van der Waals surface area contributed by atoms with Gasteiger partial charge in [0, 0.05) is 44.0 Å². The van der Waals surface area contributed by atoms with Crippen molar-refractivity contribution in [1.29, 1.82) is 0 Å². The molecule has 2 aromatic heterocycles. The largest absolute Gasteiger partial charge is 0.309 e. The van der Waals surface area contributed by atoms with Gasteiger partial charge in [0.05, 0.1) is 22.1 Å². The normalized spacial score (nSPS) is 11.6. The summed E-state index contributed by atoms with van der Waals surface area (Å²) >= 11 is 0. The third-order valence-electron chi connectivity index (χ3n) is 10.1. The molecule has 0 radical (unpaired) electrons. The molecule has 2 heteroatoms. The van der Waals surface area contributed by atoms with E-state index in [-0.39, 0.29) is 0 Å². The molecule has 10 rings (SSSR count). The van der Waals surface area contributed by atoms with E-state index < -0.39 is 0 Å². The first-order valence-corrected chi connectivity index (χ1v) is 17.2. The average Bonchev–Trinajstić information content (AvgIpc) is 3.72. The van der Waals surface area contributed by atoms with Crippen LogP contribution in [0.4, 0.5) is 0 Å². The van der Waals surface area contributed by atoms with E-state index in [2.05, 4.69) is 203 Å². The van der Waals surface area contributed by atoms with E-state index in [9.17, 15) is 0 Å². The van der Waals surface area contributed by atoms with E-state index in [0.29, 0.717) is 0 Å². The lowest BCUT2D eigenvalue weighted by molar-refractivity contribution is 1.18. The quantitative estimate of drug-likeness (QED) is 0.178. The maximum absolute atomic E-state index is 2.42. The van der Waals surface area contributed by atoms with Gasteiger partial charge in [-0.25, -0.2) is 0 Å². The number of aromatic nitrogens is 2. The smallest absolute Gasteiger partial charge is 0.0619 e. The number of benzene rings is 8. The fourth-order valence-corrected chi connectivity index (χ4v) is 7.88. The van der Waals surface area contributed by atoms with Gasteiger partial charge in [-0.2, -0.15) is 0 Å². The number of hydrogen-bond acceptors (Lipinski definition) is 0. The lowest BCUT2D eigenvalue weighted by Gasteiger charge is -2.14. The zero-order valence-electron chi connectivity index (χ0n) is 27.4. The summed E-state index contributed by atoms with van der Waals surface area (Å²) in [4.78, 5) is 0. The van der Waals surface area contributed by atoms with E-state index in [1.807, 2.05) is 0 Å². The van der Waals surface area contributed by atoms with Gasteiger partial charge in [0.15, 0.2) is 0 Å². The number of hydrogen-bond donors (Lipinski definition) is 0.